The van der Waals surface area contributed by atoms with Gasteiger partial charge in [0, 0.05) is 9.79 Å². The molecule has 0 atom stereocenters. The molecule has 0 bridgehead atoms. The van der Waals surface area contributed by atoms with E-state index in [0.29, 0.717) is 5.75 Å². The zero-order valence-corrected chi connectivity index (χ0v) is 15.6. The maximum Gasteiger partial charge on any atom is 0.115 e. The Morgan fingerprint density at radius 2 is 1.20 bits per heavy atom. The van der Waals surface area contributed by atoms with Gasteiger partial charge in [0.25, 0.3) is 0 Å². The fraction of sp³-hybridized carbons (Fsp3) is 0.182. The molecule has 0 unspecified atom stereocenters. The van der Waals surface area contributed by atoms with Crippen LogP contribution in [-0.4, -0.2) is 5.11 Å². The molecule has 25 heavy (non-hydrogen) atoms. The van der Waals surface area contributed by atoms with E-state index in [1.165, 1.54) is 26.7 Å². The highest BCUT2D eigenvalue weighted by Gasteiger charge is 2.13. The van der Waals surface area contributed by atoms with Crippen molar-refractivity contribution in [1.82, 2.24) is 0 Å². The second kappa shape index (κ2) is 7.24. The molecule has 1 heterocycles. The predicted molar refractivity (Wildman–Crippen MR) is 107 cm³/mol. The Morgan fingerprint density at radius 1 is 0.720 bits per heavy atom. The molecule has 0 saturated heterocycles. The van der Waals surface area contributed by atoms with Crippen molar-refractivity contribution in [3.8, 4) is 5.75 Å². The normalized spacial score (nSPS) is 12.1. The summed E-state index contributed by atoms with van der Waals surface area (Å²) >= 11 is 1.82. The molecule has 3 heteroatoms. The van der Waals surface area contributed by atoms with E-state index in [1.54, 1.807) is 12.1 Å². The first-order valence-corrected chi connectivity index (χ1v) is 9.17. The van der Waals surface area contributed by atoms with E-state index in [2.05, 4.69) is 74.6 Å². The summed E-state index contributed by atoms with van der Waals surface area (Å²) < 4.78 is 0. The van der Waals surface area contributed by atoms with Crippen LogP contribution in [0, 0.1) is 0 Å². The van der Waals surface area contributed by atoms with Crippen LogP contribution in [0.1, 0.15) is 26.3 Å². The van der Waals surface area contributed by atoms with Gasteiger partial charge in [-0.15, -0.1) is 0 Å². The van der Waals surface area contributed by atoms with Crippen LogP contribution < -0.4 is 5.32 Å². The van der Waals surface area contributed by atoms with Gasteiger partial charge in [-0.05, 0) is 47.4 Å². The van der Waals surface area contributed by atoms with Crippen molar-refractivity contribution in [2.24, 2.45) is 0 Å². The van der Waals surface area contributed by atoms with E-state index in [1.807, 2.05) is 23.9 Å². The maximum atomic E-state index is 9.02. The van der Waals surface area contributed by atoms with Crippen molar-refractivity contribution in [2.75, 3.05) is 5.32 Å². The number of para-hydroxylation sites is 2. The van der Waals surface area contributed by atoms with E-state index in [0.717, 1.165) is 0 Å². The summed E-state index contributed by atoms with van der Waals surface area (Å²) in [6.07, 6.45) is 0. The first kappa shape index (κ1) is 17.4. The van der Waals surface area contributed by atoms with Gasteiger partial charge in [0.1, 0.15) is 5.75 Å². The molecule has 0 spiro atoms. The van der Waals surface area contributed by atoms with Gasteiger partial charge in [-0.3, -0.25) is 0 Å². The fourth-order valence-corrected chi connectivity index (χ4v) is 3.53. The van der Waals surface area contributed by atoms with Gasteiger partial charge < -0.3 is 10.4 Å². The third-order valence-corrected chi connectivity index (χ3v) is 5.15. The number of hydrogen-bond acceptors (Lipinski definition) is 3. The van der Waals surface area contributed by atoms with Gasteiger partial charge in [-0.25, -0.2) is 0 Å². The zero-order valence-electron chi connectivity index (χ0n) is 14.8. The van der Waals surface area contributed by atoms with Crippen LogP contribution in [0.25, 0.3) is 0 Å². The van der Waals surface area contributed by atoms with Crippen molar-refractivity contribution >= 4 is 23.1 Å². The monoisotopic (exact) mass is 349 g/mol. The minimum Gasteiger partial charge on any atom is -0.508 e. The molecule has 0 radical (unpaired) electrons. The molecule has 128 valence electrons. The van der Waals surface area contributed by atoms with Crippen molar-refractivity contribution < 1.29 is 5.11 Å². The standard InChI is InChI=1S/C12H9NS.C10H14O/c1-3-7-11-9(5-1)13-10-6-2-4-8-12(10)14-11;1-10(2,3)8-4-6-9(11)7-5-8/h1-8,13H;4-7,11H,1-3H3. The Morgan fingerprint density at radius 3 is 1.68 bits per heavy atom. The number of phenols is 1. The van der Waals surface area contributed by atoms with Crippen molar-refractivity contribution in [2.45, 2.75) is 36.0 Å². The van der Waals surface area contributed by atoms with E-state index in [-0.39, 0.29) is 5.41 Å². The van der Waals surface area contributed by atoms with Crippen LogP contribution in [0.2, 0.25) is 0 Å². The largest absolute Gasteiger partial charge is 0.508 e. The predicted octanol–water partition coefficient (Wildman–Crippen LogP) is 6.58. The third-order valence-electron chi connectivity index (χ3n) is 4.00. The van der Waals surface area contributed by atoms with E-state index in [4.69, 9.17) is 5.11 Å². The number of phenolic OH excluding ortho intramolecular Hbond substituents is 1. The molecular weight excluding hydrogens is 326 g/mol. The summed E-state index contributed by atoms with van der Waals surface area (Å²) in [5, 5.41) is 12.4. The summed E-state index contributed by atoms with van der Waals surface area (Å²) in [4.78, 5) is 2.59. The highest BCUT2D eigenvalue weighted by Crippen LogP contribution is 2.43. The second-order valence-corrected chi connectivity index (χ2v) is 8.10. The first-order valence-electron chi connectivity index (χ1n) is 8.36. The van der Waals surface area contributed by atoms with Crippen LogP contribution in [0.4, 0.5) is 11.4 Å². The molecule has 1 aliphatic rings. The van der Waals surface area contributed by atoms with Gasteiger partial charge >= 0.3 is 0 Å². The summed E-state index contributed by atoms with van der Waals surface area (Å²) in [5.41, 5.74) is 3.83. The lowest BCUT2D eigenvalue weighted by Gasteiger charge is -2.19. The van der Waals surface area contributed by atoms with Crippen LogP contribution >= 0.6 is 11.8 Å². The second-order valence-electron chi connectivity index (χ2n) is 7.02. The van der Waals surface area contributed by atoms with Crippen LogP contribution in [0.15, 0.2) is 82.6 Å². The number of nitrogens with one attached hydrogen (secondary N) is 1. The molecule has 4 rings (SSSR count). The molecule has 3 aromatic rings. The van der Waals surface area contributed by atoms with Crippen molar-refractivity contribution in [3.63, 3.8) is 0 Å². The first-order chi connectivity index (χ1) is 11.9. The topological polar surface area (TPSA) is 32.3 Å². The fourth-order valence-electron chi connectivity index (χ4n) is 2.54. The van der Waals surface area contributed by atoms with Gasteiger partial charge in [0.15, 0.2) is 0 Å². The highest BCUT2D eigenvalue weighted by atomic mass is 32.2. The molecule has 3 aromatic carbocycles. The molecule has 0 aliphatic carbocycles. The Bertz CT molecular complexity index is 763. The summed E-state index contributed by atoms with van der Waals surface area (Å²) in [6, 6.07) is 24.1. The number of fused-ring (bicyclic) bond motifs is 2. The van der Waals surface area contributed by atoms with Crippen LogP contribution in [0.3, 0.4) is 0 Å². The van der Waals surface area contributed by atoms with E-state index >= 15 is 0 Å². The highest BCUT2D eigenvalue weighted by molar-refractivity contribution is 7.99. The number of hydrogen-bond donors (Lipinski definition) is 2. The quantitative estimate of drug-likeness (QED) is 0.376. The van der Waals surface area contributed by atoms with Gasteiger partial charge in [-0.2, -0.15) is 0 Å². The molecule has 2 N–H and O–H groups in total. The van der Waals surface area contributed by atoms with Crippen LogP contribution in [-0.2, 0) is 5.41 Å². The SMILES string of the molecule is CC(C)(C)c1ccc(O)cc1.c1ccc2c(c1)Nc1ccccc1S2. The number of benzene rings is 3. The van der Waals surface area contributed by atoms with Crippen molar-refractivity contribution in [3.05, 3.63) is 78.4 Å². The molecule has 0 fully saturated rings. The Kier molecular flexibility index (Phi) is 5.05. The molecular formula is C22H23NOS. The van der Waals surface area contributed by atoms with E-state index < -0.39 is 0 Å². The molecule has 0 amide bonds. The lowest BCUT2D eigenvalue weighted by atomic mass is 9.87. The van der Waals surface area contributed by atoms with Crippen molar-refractivity contribution in [1.29, 1.82) is 0 Å². The Balaban J connectivity index is 0.000000151. The minimum atomic E-state index is 0.174. The maximum absolute atomic E-state index is 9.02. The number of rotatable bonds is 0. The third kappa shape index (κ3) is 4.37. The molecule has 0 saturated carbocycles. The lowest BCUT2D eigenvalue weighted by molar-refractivity contribution is 0.474. The van der Waals surface area contributed by atoms with Gasteiger partial charge in [-0.1, -0.05) is 68.9 Å². The van der Waals surface area contributed by atoms with E-state index in [9.17, 15) is 0 Å². The Hall–Kier alpha value is -2.39. The summed E-state index contributed by atoms with van der Waals surface area (Å²) in [5.74, 6) is 0.331. The summed E-state index contributed by atoms with van der Waals surface area (Å²) in [6.45, 7) is 6.46. The average Bonchev–Trinajstić information content (AvgIpc) is 2.60. The summed E-state index contributed by atoms with van der Waals surface area (Å²) in [7, 11) is 0. The number of anilines is 2. The Labute approximate surface area is 153 Å². The smallest absolute Gasteiger partial charge is 0.115 e. The molecule has 1 aliphatic heterocycles. The number of aromatic hydroxyl groups is 1. The average molecular weight is 349 g/mol. The lowest BCUT2D eigenvalue weighted by Crippen LogP contribution is -2.10. The molecule has 0 aromatic heterocycles. The minimum absolute atomic E-state index is 0.174. The molecule has 2 nitrogen and oxygen atoms in total. The van der Waals surface area contributed by atoms with Gasteiger partial charge in [0.2, 0.25) is 0 Å². The van der Waals surface area contributed by atoms with Crippen LogP contribution in [0.5, 0.6) is 5.75 Å². The zero-order chi connectivity index (χ0) is 17.9. The van der Waals surface area contributed by atoms with Gasteiger partial charge in [0.05, 0.1) is 11.4 Å².